The number of hydrogen-bond acceptors (Lipinski definition) is 10. The molecule has 0 aromatic carbocycles. The van der Waals surface area contributed by atoms with Gasteiger partial charge in [-0.1, -0.05) is 252 Å². The fourth-order valence-corrected chi connectivity index (χ4v) is 9.82. The molecule has 2 N–H and O–H groups in total. The maximum absolute atomic E-state index is 13.0. The van der Waals surface area contributed by atoms with E-state index in [1.165, 1.54) is 109 Å². The number of phosphoric ester groups is 1. The van der Waals surface area contributed by atoms with Gasteiger partial charge in [-0.3, -0.25) is 23.4 Å². The number of aliphatic hydroxyl groups excluding tert-OH is 1. The van der Waals surface area contributed by atoms with Gasteiger partial charge < -0.3 is 24.2 Å². The first kappa shape index (κ1) is 80.1. The second-order valence-corrected chi connectivity index (χ2v) is 23.7. The molecule has 3 unspecified atom stereocenters. The number of unbranched alkanes of at least 4 members (excludes halogenated alkanes) is 27. The third-order valence-corrected chi connectivity index (χ3v) is 15.1. The molecule has 0 saturated carbocycles. The number of carbonyl (C=O) groups is 3. The Balaban J connectivity index is 4.76. The lowest BCUT2D eigenvalue weighted by Crippen LogP contribution is -2.30. The number of allylic oxidation sites excluding steroid dienone is 18. The van der Waals surface area contributed by atoms with Gasteiger partial charge in [-0.2, -0.15) is 0 Å². The van der Waals surface area contributed by atoms with E-state index in [0.717, 1.165) is 122 Å². The van der Waals surface area contributed by atoms with Gasteiger partial charge in [0.15, 0.2) is 6.10 Å². The lowest BCUT2D eigenvalue weighted by molar-refractivity contribution is -0.161. The van der Waals surface area contributed by atoms with Gasteiger partial charge in [0.25, 0.3) is 0 Å². The predicted molar refractivity (Wildman–Crippen MR) is 353 cm³/mol. The SMILES string of the molecule is CC/C=C\C/C=C\C/C=C\C/C=C\C/C=C\CCCCCC(=O)OC(COC(=O)CCCCCCCCCCC/C=C\CCCCCCCC)COP(=O)(O)OCC(CO)OC(=O)CCCCCCCC/C=C\C/C=C\C/C=C\CCCCC. The smallest absolute Gasteiger partial charge is 0.462 e. The molecule has 11 nitrogen and oxygen atoms in total. The van der Waals surface area contributed by atoms with E-state index in [-0.39, 0.29) is 25.9 Å². The monoisotopic (exact) mass is 1190 g/mol. The summed E-state index contributed by atoms with van der Waals surface area (Å²) in [5.41, 5.74) is 0. The van der Waals surface area contributed by atoms with Crippen molar-refractivity contribution in [3.05, 3.63) is 109 Å². The molecule has 0 aliphatic rings. The third-order valence-electron chi connectivity index (χ3n) is 14.1. The first-order chi connectivity index (χ1) is 41.2. The Morgan fingerprint density at radius 1 is 0.345 bits per heavy atom. The van der Waals surface area contributed by atoms with Crippen molar-refractivity contribution < 1.29 is 52.2 Å². The van der Waals surface area contributed by atoms with Crippen LogP contribution in [0.15, 0.2) is 109 Å². The molecule has 0 aromatic heterocycles. The average molecular weight is 1200 g/mol. The highest BCUT2D eigenvalue weighted by molar-refractivity contribution is 7.47. The Bertz CT molecular complexity index is 1830. The van der Waals surface area contributed by atoms with Crippen LogP contribution in [0.4, 0.5) is 0 Å². The average Bonchev–Trinajstić information content (AvgIpc) is 3.53. The Hall–Kier alpha value is -3.86. The summed E-state index contributed by atoms with van der Waals surface area (Å²) in [6, 6.07) is 0. The summed E-state index contributed by atoms with van der Waals surface area (Å²) in [4.78, 5) is 48.9. The molecule has 0 rings (SSSR count). The van der Waals surface area contributed by atoms with Gasteiger partial charge in [0.2, 0.25) is 0 Å². The Morgan fingerprint density at radius 2 is 0.619 bits per heavy atom. The van der Waals surface area contributed by atoms with E-state index in [9.17, 15) is 28.9 Å². The first-order valence-electron chi connectivity index (χ1n) is 33.8. The molecule has 0 fully saturated rings. The van der Waals surface area contributed by atoms with Crippen LogP contribution in [-0.4, -0.2) is 66.5 Å². The largest absolute Gasteiger partial charge is 0.472 e. The fourth-order valence-electron chi connectivity index (χ4n) is 9.03. The van der Waals surface area contributed by atoms with Crippen LogP contribution in [0.2, 0.25) is 0 Å². The van der Waals surface area contributed by atoms with Gasteiger partial charge in [-0.25, -0.2) is 4.57 Å². The van der Waals surface area contributed by atoms with E-state index in [2.05, 4.69) is 130 Å². The molecule has 84 heavy (non-hydrogen) atoms. The van der Waals surface area contributed by atoms with Crippen molar-refractivity contribution in [1.82, 2.24) is 0 Å². The number of hydrogen-bond donors (Lipinski definition) is 2. The van der Waals surface area contributed by atoms with Crippen molar-refractivity contribution in [2.75, 3.05) is 26.4 Å². The molecule has 0 amide bonds. The number of phosphoric acid groups is 1. The van der Waals surface area contributed by atoms with E-state index < -0.39 is 57.8 Å². The summed E-state index contributed by atoms with van der Waals surface area (Å²) < 4.78 is 39.7. The molecule has 0 heterocycles. The van der Waals surface area contributed by atoms with Gasteiger partial charge in [-0.05, 0) is 128 Å². The maximum Gasteiger partial charge on any atom is 0.472 e. The number of esters is 3. The molecule has 0 aliphatic heterocycles. The molecule has 0 spiro atoms. The quantitative estimate of drug-likeness (QED) is 0.0197. The summed E-state index contributed by atoms with van der Waals surface area (Å²) in [7, 11) is -4.78. The molecule has 12 heteroatoms. The molecule has 0 saturated heterocycles. The fraction of sp³-hybridized carbons (Fsp3) is 0.708. The molecule has 0 aromatic rings. The number of ether oxygens (including phenoxy) is 3. The summed E-state index contributed by atoms with van der Waals surface area (Å²) >= 11 is 0. The van der Waals surface area contributed by atoms with Crippen LogP contribution in [0.1, 0.15) is 290 Å². The van der Waals surface area contributed by atoms with Crippen LogP contribution in [0.3, 0.4) is 0 Å². The van der Waals surface area contributed by atoms with Crippen LogP contribution in [0.25, 0.3) is 0 Å². The van der Waals surface area contributed by atoms with Crippen LogP contribution in [-0.2, 0) is 42.2 Å². The van der Waals surface area contributed by atoms with Crippen molar-refractivity contribution in [3.8, 4) is 0 Å². The van der Waals surface area contributed by atoms with Crippen LogP contribution in [0, 0.1) is 0 Å². The zero-order chi connectivity index (χ0) is 61.2. The molecule has 0 aliphatic carbocycles. The number of carbonyl (C=O) groups excluding carboxylic acids is 3. The molecular formula is C72H123O11P. The second kappa shape index (κ2) is 65.1. The zero-order valence-corrected chi connectivity index (χ0v) is 54.5. The van der Waals surface area contributed by atoms with Crippen molar-refractivity contribution in [3.63, 3.8) is 0 Å². The molecule has 482 valence electrons. The lowest BCUT2D eigenvalue weighted by atomic mass is 10.1. The van der Waals surface area contributed by atoms with Crippen LogP contribution >= 0.6 is 7.82 Å². The number of rotatable bonds is 62. The van der Waals surface area contributed by atoms with Crippen molar-refractivity contribution in [1.29, 1.82) is 0 Å². The van der Waals surface area contributed by atoms with Crippen molar-refractivity contribution in [2.24, 2.45) is 0 Å². The molecule has 0 radical (unpaired) electrons. The molecule has 0 bridgehead atoms. The van der Waals surface area contributed by atoms with Crippen molar-refractivity contribution >= 4 is 25.7 Å². The minimum absolute atomic E-state index is 0.123. The summed E-state index contributed by atoms with van der Waals surface area (Å²) in [5, 5.41) is 9.87. The Labute approximate surface area is 514 Å². The highest BCUT2D eigenvalue weighted by atomic mass is 31.2. The van der Waals surface area contributed by atoms with Gasteiger partial charge in [0, 0.05) is 19.3 Å². The maximum atomic E-state index is 13.0. The normalized spacial score (nSPS) is 13.9. The topological polar surface area (TPSA) is 155 Å². The summed E-state index contributed by atoms with van der Waals surface area (Å²) in [6.07, 6.45) is 80.3. The van der Waals surface area contributed by atoms with Gasteiger partial charge >= 0.3 is 25.7 Å². The van der Waals surface area contributed by atoms with Crippen molar-refractivity contribution in [2.45, 2.75) is 303 Å². The molecule has 3 atom stereocenters. The van der Waals surface area contributed by atoms with E-state index in [0.29, 0.717) is 19.3 Å². The summed E-state index contributed by atoms with van der Waals surface area (Å²) in [6.45, 7) is 4.48. The highest BCUT2D eigenvalue weighted by Gasteiger charge is 2.28. The van der Waals surface area contributed by atoms with E-state index in [4.69, 9.17) is 23.3 Å². The number of aliphatic hydroxyl groups is 1. The Morgan fingerprint density at radius 3 is 1.00 bits per heavy atom. The zero-order valence-electron chi connectivity index (χ0n) is 53.6. The summed E-state index contributed by atoms with van der Waals surface area (Å²) in [5.74, 6) is -1.52. The third kappa shape index (κ3) is 62.7. The highest BCUT2D eigenvalue weighted by Crippen LogP contribution is 2.43. The van der Waals surface area contributed by atoms with Gasteiger partial charge in [0.05, 0.1) is 19.8 Å². The minimum Gasteiger partial charge on any atom is -0.462 e. The second-order valence-electron chi connectivity index (χ2n) is 22.2. The van der Waals surface area contributed by atoms with Crippen LogP contribution in [0.5, 0.6) is 0 Å². The standard InChI is InChI=1S/C72H123O11P/c1-4-7-10-13-16-19-22-25-28-31-34-37-40-43-46-49-52-55-58-61-70(74)79-65-69(83-72(76)63-60-57-54-51-48-45-42-39-36-33-30-27-24-21-18-15-12-9-6-3)67-81-84(77,78)80-66-68(64-73)82-71(75)62-59-56-53-50-47-44-41-38-35-32-29-26-23-20-17-14-11-8-5-2/h9,12,17-18,20-21,25-30,35-36,38-39,45,48,68-69,73H,4-8,10-11,13-16,19,22-24,31-34,37,40-44,46-47,49-67H2,1-3H3,(H,77,78)/b12-9-,20-17-,21-18-,28-25-,29-26-,30-27-,38-35-,39-36-,48-45-. The van der Waals surface area contributed by atoms with E-state index >= 15 is 0 Å². The first-order valence-corrected chi connectivity index (χ1v) is 35.3. The van der Waals surface area contributed by atoms with Gasteiger partial charge in [-0.15, -0.1) is 0 Å². The lowest BCUT2D eigenvalue weighted by Gasteiger charge is -2.21. The minimum atomic E-state index is -4.78. The van der Waals surface area contributed by atoms with E-state index in [1.807, 2.05) is 0 Å². The Kier molecular flexibility index (Phi) is 62.1. The van der Waals surface area contributed by atoms with E-state index in [1.54, 1.807) is 0 Å². The molecular weight excluding hydrogens is 1070 g/mol. The van der Waals surface area contributed by atoms with Crippen LogP contribution < -0.4 is 0 Å². The predicted octanol–water partition coefficient (Wildman–Crippen LogP) is 20.9. The van der Waals surface area contributed by atoms with Gasteiger partial charge in [0.1, 0.15) is 12.7 Å².